The van der Waals surface area contributed by atoms with Crippen LogP contribution in [0.5, 0.6) is 5.88 Å². The van der Waals surface area contributed by atoms with E-state index in [0.29, 0.717) is 46.9 Å². The van der Waals surface area contributed by atoms with Gasteiger partial charge in [-0.3, -0.25) is 4.79 Å². The van der Waals surface area contributed by atoms with Crippen molar-refractivity contribution in [1.29, 1.82) is 0 Å². The molecule has 1 N–H and O–H groups in total. The lowest BCUT2D eigenvalue weighted by Gasteiger charge is -2.25. The van der Waals surface area contributed by atoms with Gasteiger partial charge in [0.15, 0.2) is 5.13 Å². The number of amides is 1. The van der Waals surface area contributed by atoms with Gasteiger partial charge < -0.3 is 14.7 Å². The van der Waals surface area contributed by atoms with Crippen LogP contribution in [0.1, 0.15) is 4.88 Å². The number of benzene rings is 1. The quantitative estimate of drug-likeness (QED) is 0.849. The first-order valence-corrected chi connectivity index (χ1v) is 7.91. The zero-order chi connectivity index (χ0) is 16.0. The molecule has 0 aliphatic carbocycles. The van der Waals surface area contributed by atoms with Crippen molar-refractivity contribution in [2.24, 2.45) is 4.99 Å². The number of halogens is 1. The summed E-state index contributed by atoms with van der Waals surface area (Å²) in [5, 5.41) is 11.6. The Morgan fingerprint density at radius 1 is 1.30 bits per heavy atom. The molecular weight excluding hydrogens is 321 g/mol. The van der Waals surface area contributed by atoms with Gasteiger partial charge in [0, 0.05) is 18.3 Å². The normalized spacial score (nSPS) is 17.3. The standard InChI is InChI=1S/C15H12FN3O3S/c16-8-1-2-10-9(7-8)11(13(20)17-10)12-14(21)18-15(23-12)19-3-5-22-6-4-19/h1-2,7,21H,3-6H2. The number of aromatic nitrogens is 1. The number of nitrogens with zero attached hydrogens (tertiary/aromatic N) is 3. The van der Waals surface area contributed by atoms with Crippen LogP contribution in [-0.2, 0) is 9.53 Å². The van der Waals surface area contributed by atoms with Gasteiger partial charge >= 0.3 is 0 Å². The first-order chi connectivity index (χ1) is 11.1. The zero-order valence-electron chi connectivity index (χ0n) is 12.0. The van der Waals surface area contributed by atoms with Crippen molar-refractivity contribution in [2.45, 2.75) is 0 Å². The number of hydrogen-bond donors (Lipinski definition) is 1. The number of fused-ring (bicyclic) bond motifs is 1. The third-order valence-electron chi connectivity index (χ3n) is 3.77. The topological polar surface area (TPSA) is 75.0 Å². The van der Waals surface area contributed by atoms with Crippen molar-refractivity contribution in [3.8, 4) is 5.88 Å². The van der Waals surface area contributed by atoms with Crippen LogP contribution in [0.3, 0.4) is 0 Å². The van der Waals surface area contributed by atoms with Gasteiger partial charge in [0.1, 0.15) is 10.7 Å². The molecule has 2 aliphatic heterocycles. The predicted molar refractivity (Wildman–Crippen MR) is 81.5 cm³/mol. The van der Waals surface area contributed by atoms with Crippen LogP contribution < -0.4 is 15.5 Å². The maximum Gasteiger partial charge on any atom is 0.279 e. The van der Waals surface area contributed by atoms with Crippen LogP contribution in [0.15, 0.2) is 23.2 Å². The number of rotatable bonds is 2. The molecule has 8 heteroatoms. The van der Waals surface area contributed by atoms with Crippen molar-refractivity contribution < 1.29 is 19.0 Å². The summed E-state index contributed by atoms with van der Waals surface area (Å²) in [6.45, 7) is 2.53. The van der Waals surface area contributed by atoms with Crippen LogP contribution in [0.4, 0.5) is 9.52 Å². The van der Waals surface area contributed by atoms with Crippen molar-refractivity contribution in [1.82, 2.24) is 4.98 Å². The average Bonchev–Trinajstić information content (AvgIpc) is 3.07. The van der Waals surface area contributed by atoms with E-state index in [1.807, 2.05) is 4.90 Å². The first kappa shape index (κ1) is 14.3. The highest BCUT2D eigenvalue weighted by atomic mass is 32.1. The molecule has 1 amide bonds. The van der Waals surface area contributed by atoms with E-state index in [0.717, 1.165) is 0 Å². The SMILES string of the molecule is O=C1N=c2ccc(F)cc2=C1c1sc(N2CCOCC2)nc1O. The number of carbonyl (C=O) groups is 1. The molecule has 1 fully saturated rings. The van der Waals surface area contributed by atoms with Crippen LogP contribution in [0.25, 0.3) is 5.57 Å². The number of carbonyl (C=O) groups excluding carboxylic acids is 1. The van der Waals surface area contributed by atoms with Crippen LogP contribution in [0, 0.1) is 5.82 Å². The summed E-state index contributed by atoms with van der Waals surface area (Å²) in [7, 11) is 0. The molecule has 1 aromatic heterocycles. The molecule has 3 heterocycles. The Morgan fingerprint density at radius 2 is 2.09 bits per heavy atom. The second kappa shape index (κ2) is 5.39. The number of aromatic hydroxyl groups is 1. The van der Waals surface area contributed by atoms with E-state index in [2.05, 4.69) is 9.98 Å². The Hall–Kier alpha value is -2.32. The van der Waals surface area contributed by atoms with Crippen molar-refractivity contribution in [2.75, 3.05) is 31.2 Å². The van der Waals surface area contributed by atoms with Gasteiger partial charge in [-0.1, -0.05) is 11.3 Å². The summed E-state index contributed by atoms with van der Waals surface area (Å²) >= 11 is 1.21. The Labute approximate surface area is 134 Å². The second-order valence-corrected chi connectivity index (χ2v) is 6.18. The highest BCUT2D eigenvalue weighted by molar-refractivity contribution is 7.17. The highest BCUT2D eigenvalue weighted by Crippen LogP contribution is 2.36. The second-order valence-electron chi connectivity index (χ2n) is 5.20. The first-order valence-electron chi connectivity index (χ1n) is 7.09. The molecular formula is C15H12FN3O3S. The van der Waals surface area contributed by atoms with Crippen molar-refractivity contribution in [3.63, 3.8) is 0 Å². The van der Waals surface area contributed by atoms with Gasteiger partial charge in [0.05, 0.1) is 24.1 Å². The van der Waals surface area contributed by atoms with Crippen LogP contribution in [0.2, 0.25) is 0 Å². The number of thiazole rings is 1. The summed E-state index contributed by atoms with van der Waals surface area (Å²) in [5.74, 6) is -1.17. The third kappa shape index (κ3) is 2.40. The molecule has 0 unspecified atom stereocenters. The third-order valence-corrected chi connectivity index (χ3v) is 4.89. The monoisotopic (exact) mass is 333 g/mol. The van der Waals surface area contributed by atoms with Crippen LogP contribution in [-0.4, -0.2) is 42.3 Å². The maximum absolute atomic E-state index is 13.5. The van der Waals surface area contributed by atoms with Gasteiger partial charge in [-0.15, -0.1) is 0 Å². The lowest BCUT2D eigenvalue weighted by Crippen LogP contribution is -2.36. The summed E-state index contributed by atoms with van der Waals surface area (Å²) in [4.78, 5) is 22.5. The molecule has 4 rings (SSSR count). The molecule has 2 aromatic rings. The lowest BCUT2D eigenvalue weighted by molar-refractivity contribution is -0.112. The van der Waals surface area contributed by atoms with E-state index in [9.17, 15) is 14.3 Å². The average molecular weight is 333 g/mol. The number of ether oxygens (including phenoxy) is 1. The Morgan fingerprint density at radius 3 is 2.87 bits per heavy atom. The number of anilines is 1. The Bertz CT molecular complexity index is 919. The minimum atomic E-state index is -0.488. The maximum atomic E-state index is 13.5. The van der Waals surface area contributed by atoms with Gasteiger partial charge in [0.2, 0.25) is 5.88 Å². The van der Waals surface area contributed by atoms with E-state index in [1.165, 1.54) is 29.5 Å². The van der Waals surface area contributed by atoms with Crippen molar-refractivity contribution in [3.05, 3.63) is 39.5 Å². The lowest BCUT2D eigenvalue weighted by atomic mass is 10.1. The molecule has 0 bridgehead atoms. The fourth-order valence-corrected chi connectivity index (χ4v) is 3.72. The summed E-state index contributed by atoms with van der Waals surface area (Å²) < 4.78 is 18.8. The van der Waals surface area contributed by atoms with E-state index in [1.54, 1.807) is 0 Å². The molecule has 23 heavy (non-hydrogen) atoms. The van der Waals surface area contributed by atoms with E-state index < -0.39 is 11.7 Å². The minimum Gasteiger partial charge on any atom is -0.492 e. The molecule has 1 saturated heterocycles. The summed E-state index contributed by atoms with van der Waals surface area (Å²) in [5.41, 5.74) is 0.203. The predicted octanol–water partition coefficient (Wildman–Crippen LogP) is 0.183. The van der Waals surface area contributed by atoms with Gasteiger partial charge in [-0.05, 0) is 18.2 Å². The molecule has 6 nitrogen and oxygen atoms in total. The molecule has 118 valence electrons. The fourth-order valence-electron chi connectivity index (χ4n) is 2.66. The molecule has 0 atom stereocenters. The minimum absolute atomic E-state index is 0.203. The molecule has 2 aliphatic rings. The largest absolute Gasteiger partial charge is 0.492 e. The number of morpholine rings is 1. The fraction of sp³-hybridized carbons (Fsp3) is 0.267. The summed E-state index contributed by atoms with van der Waals surface area (Å²) in [6, 6.07) is 3.97. The molecule has 0 radical (unpaired) electrons. The van der Waals surface area contributed by atoms with E-state index in [4.69, 9.17) is 4.74 Å². The zero-order valence-corrected chi connectivity index (χ0v) is 12.8. The highest BCUT2D eigenvalue weighted by Gasteiger charge is 2.26. The Balaban J connectivity index is 1.85. The summed E-state index contributed by atoms with van der Waals surface area (Å²) in [6.07, 6.45) is 0. The number of hydrogen-bond acceptors (Lipinski definition) is 6. The van der Waals surface area contributed by atoms with Gasteiger partial charge in [-0.2, -0.15) is 4.98 Å². The smallest absolute Gasteiger partial charge is 0.279 e. The molecule has 0 saturated carbocycles. The van der Waals surface area contributed by atoms with Gasteiger partial charge in [0.25, 0.3) is 5.91 Å². The Kier molecular flexibility index (Phi) is 3.35. The molecule has 1 aromatic carbocycles. The van der Waals surface area contributed by atoms with Gasteiger partial charge in [-0.25, -0.2) is 9.38 Å². The van der Waals surface area contributed by atoms with E-state index >= 15 is 0 Å². The van der Waals surface area contributed by atoms with Crippen molar-refractivity contribution >= 4 is 27.9 Å². The van der Waals surface area contributed by atoms with E-state index in [-0.39, 0.29) is 11.5 Å². The molecule has 0 spiro atoms. The van der Waals surface area contributed by atoms with Crippen LogP contribution >= 0.6 is 11.3 Å².